The molecule has 1 aromatic carbocycles. The zero-order chi connectivity index (χ0) is 13.0. The monoisotopic (exact) mass is 236 g/mol. The highest BCUT2D eigenvalue weighted by atomic mass is 16.4. The van der Waals surface area contributed by atoms with Crippen LogP contribution in [0, 0.1) is 0 Å². The summed E-state index contributed by atoms with van der Waals surface area (Å²) in [5.74, 6) is -1.52. The second kappa shape index (κ2) is 5.13. The smallest absolute Gasteiger partial charge is 0.337 e. The summed E-state index contributed by atoms with van der Waals surface area (Å²) in [6.45, 7) is 0. The zero-order valence-electron chi connectivity index (χ0n) is 8.49. The fourth-order valence-electron chi connectivity index (χ4n) is 1.35. The molecule has 0 amide bonds. The predicted molar refractivity (Wildman–Crippen MR) is 55.2 cm³/mol. The first kappa shape index (κ1) is 12.7. The van der Waals surface area contributed by atoms with E-state index in [9.17, 15) is 24.3 Å². The van der Waals surface area contributed by atoms with E-state index in [1.807, 2.05) is 0 Å². The van der Waals surface area contributed by atoms with Crippen molar-refractivity contribution in [2.24, 2.45) is 0 Å². The Balaban J connectivity index is 3.47. The molecule has 0 aromatic heterocycles. The summed E-state index contributed by atoms with van der Waals surface area (Å²) in [5.41, 5.74) is -0.538. The van der Waals surface area contributed by atoms with Gasteiger partial charge in [0.1, 0.15) is 0 Å². The molecule has 0 spiro atoms. The van der Waals surface area contributed by atoms with E-state index in [0.717, 1.165) is 12.1 Å². The summed E-state index contributed by atoms with van der Waals surface area (Å²) in [7, 11) is 0. The molecule has 0 fully saturated rings. The minimum atomic E-state index is -1.85. The molecule has 1 aromatic rings. The van der Waals surface area contributed by atoms with Crippen LogP contribution in [0.15, 0.2) is 12.1 Å². The van der Waals surface area contributed by atoms with Crippen molar-refractivity contribution in [1.29, 1.82) is 0 Å². The maximum absolute atomic E-state index is 10.7. The molecule has 6 nitrogen and oxygen atoms in total. The number of aliphatic hydroxyl groups excluding tert-OH is 1. The molecule has 0 aliphatic heterocycles. The number of rotatable bonds is 5. The summed E-state index contributed by atoms with van der Waals surface area (Å²) in [6, 6.07) is 2.12. The molecule has 88 valence electrons. The predicted octanol–water partition coefficient (Wildman–Crippen LogP) is 0.242. The fourth-order valence-corrected chi connectivity index (χ4v) is 1.35. The average molecular weight is 236 g/mol. The van der Waals surface area contributed by atoms with E-state index in [0.29, 0.717) is 18.9 Å². The highest BCUT2D eigenvalue weighted by Gasteiger charge is 2.19. The molecule has 0 unspecified atom stereocenters. The molecule has 1 atom stereocenters. The zero-order valence-corrected chi connectivity index (χ0v) is 8.49. The molecule has 0 aliphatic rings. The van der Waals surface area contributed by atoms with Crippen LogP contribution in [0.3, 0.4) is 0 Å². The minimum absolute atomic E-state index is 0.128. The van der Waals surface area contributed by atoms with Gasteiger partial charge < -0.3 is 10.2 Å². The number of carboxylic acid groups (broad SMARTS) is 1. The van der Waals surface area contributed by atoms with Gasteiger partial charge in [0.05, 0.1) is 0 Å². The van der Waals surface area contributed by atoms with Gasteiger partial charge >= 0.3 is 5.97 Å². The first-order chi connectivity index (χ1) is 8.04. The Kier molecular flexibility index (Phi) is 3.84. The second-order valence-electron chi connectivity index (χ2n) is 3.21. The molecule has 0 radical (unpaired) electrons. The number of aldehydes is 3. The van der Waals surface area contributed by atoms with Crippen molar-refractivity contribution in [3.63, 3.8) is 0 Å². The van der Waals surface area contributed by atoms with Gasteiger partial charge in [-0.05, 0) is 17.7 Å². The summed E-state index contributed by atoms with van der Waals surface area (Å²) in [5, 5.41) is 17.9. The number of benzene rings is 1. The molecule has 0 aliphatic carbocycles. The van der Waals surface area contributed by atoms with E-state index < -0.39 is 12.1 Å². The Hall–Kier alpha value is -2.34. The van der Waals surface area contributed by atoms with Crippen molar-refractivity contribution in [3.8, 4) is 0 Å². The van der Waals surface area contributed by atoms with Gasteiger partial charge in [0.25, 0.3) is 0 Å². The normalized spacial score (nSPS) is 11.6. The van der Waals surface area contributed by atoms with Crippen molar-refractivity contribution in [1.82, 2.24) is 0 Å². The maximum atomic E-state index is 10.7. The molecular formula is C11H8O6. The fraction of sp³-hybridized carbons (Fsp3) is 0.0909. The van der Waals surface area contributed by atoms with Gasteiger partial charge in [-0.2, -0.15) is 0 Å². The molecule has 0 bridgehead atoms. The second-order valence-corrected chi connectivity index (χ2v) is 3.21. The lowest BCUT2D eigenvalue weighted by molar-refractivity contribution is -0.146. The third kappa shape index (κ3) is 2.43. The van der Waals surface area contributed by atoms with Gasteiger partial charge in [-0.25, -0.2) is 4.79 Å². The van der Waals surface area contributed by atoms with E-state index in [2.05, 4.69) is 0 Å². The third-order valence-electron chi connectivity index (χ3n) is 2.19. The standard InChI is InChI=1S/C11H8O6/c12-3-7-1-6(10(15)11(16)17)2-8(4-13)9(7)5-14/h1-5,10,15H,(H,16,17)/t10-/m1/s1. The summed E-state index contributed by atoms with van der Waals surface area (Å²) in [6.07, 6.45) is -0.901. The number of carboxylic acids is 1. The Morgan fingerprint density at radius 2 is 1.53 bits per heavy atom. The number of aliphatic hydroxyl groups is 1. The Morgan fingerprint density at radius 1 is 1.06 bits per heavy atom. The number of carbonyl (C=O) groups is 4. The van der Waals surface area contributed by atoms with E-state index in [4.69, 9.17) is 5.11 Å². The van der Waals surface area contributed by atoms with E-state index in [-0.39, 0.29) is 22.3 Å². The van der Waals surface area contributed by atoms with Gasteiger partial charge in [0.2, 0.25) is 0 Å². The number of hydrogen-bond donors (Lipinski definition) is 2. The van der Waals surface area contributed by atoms with Crippen LogP contribution in [-0.4, -0.2) is 35.0 Å². The van der Waals surface area contributed by atoms with Gasteiger partial charge in [-0.15, -0.1) is 0 Å². The number of carbonyl (C=O) groups excluding carboxylic acids is 3. The molecule has 6 heteroatoms. The van der Waals surface area contributed by atoms with Crippen molar-refractivity contribution in [2.75, 3.05) is 0 Å². The van der Waals surface area contributed by atoms with Crippen LogP contribution in [0.4, 0.5) is 0 Å². The molecule has 0 saturated heterocycles. The number of aliphatic carboxylic acids is 1. The van der Waals surface area contributed by atoms with Crippen LogP contribution in [0.5, 0.6) is 0 Å². The van der Waals surface area contributed by atoms with Crippen LogP contribution < -0.4 is 0 Å². The average Bonchev–Trinajstić information content (AvgIpc) is 2.35. The van der Waals surface area contributed by atoms with Crippen LogP contribution >= 0.6 is 0 Å². The van der Waals surface area contributed by atoms with Gasteiger partial charge in [0, 0.05) is 16.7 Å². The quantitative estimate of drug-likeness (QED) is 0.709. The Morgan fingerprint density at radius 3 is 1.82 bits per heavy atom. The highest BCUT2D eigenvalue weighted by molar-refractivity contribution is 5.99. The SMILES string of the molecule is O=Cc1cc([C@@H](O)C(=O)O)cc(C=O)c1C=O. The Bertz CT molecular complexity index is 462. The molecule has 0 saturated carbocycles. The molecule has 1 rings (SSSR count). The van der Waals surface area contributed by atoms with Crippen LogP contribution in [0.2, 0.25) is 0 Å². The van der Waals surface area contributed by atoms with Crippen molar-refractivity contribution < 1.29 is 29.4 Å². The van der Waals surface area contributed by atoms with Crippen LogP contribution in [-0.2, 0) is 4.79 Å². The summed E-state index contributed by atoms with van der Waals surface area (Å²) < 4.78 is 0. The lowest BCUT2D eigenvalue weighted by Crippen LogP contribution is -2.12. The largest absolute Gasteiger partial charge is 0.479 e. The molecule has 17 heavy (non-hydrogen) atoms. The first-order valence-electron chi connectivity index (χ1n) is 4.49. The van der Waals surface area contributed by atoms with Gasteiger partial charge in [-0.3, -0.25) is 14.4 Å². The Labute approximate surface area is 95.5 Å². The minimum Gasteiger partial charge on any atom is -0.479 e. The summed E-state index contributed by atoms with van der Waals surface area (Å²) >= 11 is 0. The lowest BCUT2D eigenvalue weighted by atomic mass is 9.97. The molecular weight excluding hydrogens is 228 g/mol. The maximum Gasteiger partial charge on any atom is 0.337 e. The first-order valence-corrected chi connectivity index (χ1v) is 4.49. The third-order valence-corrected chi connectivity index (χ3v) is 2.19. The topological polar surface area (TPSA) is 109 Å². The van der Waals surface area contributed by atoms with Crippen molar-refractivity contribution >= 4 is 24.8 Å². The molecule has 0 heterocycles. The van der Waals surface area contributed by atoms with Crippen molar-refractivity contribution in [2.45, 2.75) is 6.10 Å². The van der Waals surface area contributed by atoms with Crippen LogP contribution in [0.1, 0.15) is 42.7 Å². The van der Waals surface area contributed by atoms with Gasteiger partial charge in [0.15, 0.2) is 25.0 Å². The van der Waals surface area contributed by atoms with E-state index >= 15 is 0 Å². The summed E-state index contributed by atoms with van der Waals surface area (Å²) in [4.78, 5) is 42.6. The van der Waals surface area contributed by atoms with Gasteiger partial charge in [-0.1, -0.05) is 0 Å². The highest BCUT2D eigenvalue weighted by Crippen LogP contribution is 2.19. The molecule has 2 N–H and O–H groups in total. The van der Waals surface area contributed by atoms with E-state index in [1.165, 1.54) is 0 Å². The van der Waals surface area contributed by atoms with Crippen molar-refractivity contribution in [3.05, 3.63) is 34.4 Å². The van der Waals surface area contributed by atoms with Crippen LogP contribution in [0.25, 0.3) is 0 Å². The van der Waals surface area contributed by atoms with E-state index in [1.54, 1.807) is 0 Å². The number of hydrogen-bond acceptors (Lipinski definition) is 5. The lowest BCUT2D eigenvalue weighted by Gasteiger charge is -2.09.